The molecule has 0 aliphatic rings. The zero-order valence-electron chi connectivity index (χ0n) is 20.5. The van der Waals surface area contributed by atoms with E-state index in [1.807, 2.05) is 6.07 Å². The minimum Gasteiger partial charge on any atom is -0.168 e. The molecule has 0 spiro atoms. The Bertz CT molecular complexity index is 1390. The fourth-order valence-corrected chi connectivity index (χ4v) is 4.47. The molecule has 6 aromatic rings. The van der Waals surface area contributed by atoms with Gasteiger partial charge >= 0.3 is 35.6 Å². The number of hydrogen-bond donors (Lipinski definition) is 0. The smallest absolute Gasteiger partial charge is 0.0279 e. The zero-order chi connectivity index (χ0) is 25.6. The number of aryl methyl sites for hydroxylation is 1. The van der Waals surface area contributed by atoms with Gasteiger partial charge in [-0.3, -0.25) is 0 Å². The molecule has 0 heterocycles. The van der Waals surface area contributed by atoms with Gasteiger partial charge in [0.15, 0.2) is 0 Å². The van der Waals surface area contributed by atoms with E-state index in [4.69, 9.17) is 18.6 Å². The molecule has 2 radical (unpaired) electrons. The third kappa shape index (κ3) is 8.62. The standard InChI is InChI=1S/C15H11.C10H9.C7H8Si.2ClH.Ti/c1-2-6-12(7-3-1)14-10-4-8-13-9-5-11-15(13)14;1-8-6-9-4-2-3-5-10(9)7-8;1-8-7-5-3-2-4-6-7;;;/h1-11H;2-7H,1H3;2-6H,1H3;2*1H;/q2*-1;;;;+2/p-2. The third-order valence-electron chi connectivity index (χ3n) is 5.59. The number of fused-ring (bicyclic) bond motifs is 2. The van der Waals surface area contributed by atoms with Crippen molar-refractivity contribution >= 4 is 54.9 Å². The van der Waals surface area contributed by atoms with Gasteiger partial charge in [0.1, 0.15) is 0 Å². The van der Waals surface area contributed by atoms with Crippen LogP contribution in [0, 0.1) is 6.92 Å². The van der Waals surface area contributed by atoms with Crippen molar-refractivity contribution in [3.63, 3.8) is 0 Å². The topological polar surface area (TPSA) is 0 Å². The summed E-state index contributed by atoms with van der Waals surface area (Å²) in [6, 6.07) is 46.7. The average Bonchev–Trinajstić information content (AvgIpc) is 3.56. The van der Waals surface area contributed by atoms with Crippen LogP contribution >= 0.6 is 18.6 Å². The molecule has 4 heteroatoms. The van der Waals surface area contributed by atoms with E-state index in [9.17, 15) is 0 Å². The molecule has 0 fully saturated rings. The summed E-state index contributed by atoms with van der Waals surface area (Å²) < 4.78 is 0. The van der Waals surface area contributed by atoms with E-state index < -0.39 is 17.0 Å². The molecule has 0 bridgehead atoms. The van der Waals surface area contributed by atoms with E-state index in [1.165, 1.54) is 43.4 Å². The fraction of sp³-hybridized carbons (Fsp3) is 0.0625. The maximum atomic E-state index is 4.89. The van der Waals surface area contributed by atoms with Crippen LogP contribution < -0.4 is 5.19 Å². The molecule has 6 aromatic carbocycles. The van der Waals surface area contributed by atoms with Crippen LogP contribution in [-0.2, 0) is 17.0 Å². The molecule has 0 aliphatic carbocycles. The Balaban J connectivity index is 0.000000150. The zero-order valence-corrected chi connectivity index (χ0v) is 24.5. The van der Waals surface area contributed by atoms with E-state index in [0.29, 0.717) is 0 Å². The predicted molar refractivity (Wildman–Crippen MR) is 159 cm³/mol. The molecule has 6 rings (SSSR count). The molecule has 0 saturated carbocycles. The monoisotopic (exact) mass is 558 g/mol. The van der Waals surface area contributed by atoms with Gasteiger partial charge in [-0.25, -0.2) is 0 Å². The van der Waals surface area contributed by atoms with Gasteiger partial charge in [-0.1, -0.05) is 97.0 Å². The van der Waals surface area contributed by atoms with E-state index >= 15 is 0 Å². The first-order valence-electron chi connectivity index (χ1n) is 11.7. The number of benzene rings is 4. The molecule has 180 valence electrons. The molecule has 0 unspecified atom stereocenters. The summed E-state index contributed by atoms with van der Waals surface area (Å²) in [4.78, 5) is 0. The Morgan fingerprint density at radius 3 is 1.94 bits per heavy atom. The maximum Gasteiger partial charge on any atom is -0.0279 e. The second-order valence-corrected chi connectivity index (χ2v) is 11.7. The molecule has 0 aliphatic heterocycles. The Labute approximate surface area is 234 Å². The maximum absolute atomic E-state index is 4.89. The molecule has 0 nitrogen and oxygen atoms in total. The van der Waals surface area contributed by atoms with Crippen molar-refractivity contribution in [2.75, 3.05) is 0 Å². The van der Waals surface area contributed by atoms with Crippen molar-refractivity contribution in [1.29, 1.82) is 0 Å². The minimum atomic E-state index is -0.556. The molecule has 0 amide bonds. The van der Waals surface area contributed by atoms with Crippen LogP contribution in [0.2, 0.25) is 6.55 Å². The molecule has 0 atom stereocenters. The number of hydrogen-bond acceptors (Lipinski definition) is 0. The summed E-state index contributed by atoms with van der Waals surface area (Å²) in [5.41, 5.74) is 3.95. The quantitative estimate of drug-likeness (QED) is 0.146. The Hall–Kier alpha value is -2.39. The van der Waals surface area contributed by atoms with Gasteiger partial charge in [0.05, 0.1) is 9.52 Å². The number of halogens is 2. The van der Waals surface area contributed by atoms with Crippen molar-refractivity contribution in [1.82, 2.24) is 0 Å². The molecule has 0 saturated heterocycles. The van der Waals surface area contributed by atoms with Crippen LogP contribution in [0.25, 0.3) is 32.7 Å². The summed E-state index contributed by atoms with van der Waals surface area (Å²) >= 11 is -0.556. The summed E-state index contributed by atoms with van der Waals surface area (Å²) in [5, 5.41) is 6.78. The average molecular weight is 559 g/mol. The van der Waals surface area contributed by atoms with E-state index in [-0.39, 0.29) is 0 Å². The van der Waals surface area contributed by atoms with Crippen LogP contribution in [0.3, 0.4) is 0 Å². The summed E-state index contributed by atoms with van der Waals surface area (Å²) in [6.45, 7) is 4.31. The molecule has 0 aromatic heterocycles. The second-order valence-electron chi connectivity index (χ2n) is 8.05. The van der Waals surface area contributed by atoms with Gasteiger partial charge in [0.25, 0.3) is 0 Å². The first-order valence-corrected chi connectivity index (χ1v) is 17.5. The molecule has 36 heavy (non-hydrogen) atoms. The van der Waals surface area contributed by atoms with Crippen molar-refractivity contribution in [2.45, 2.75) is 13.5 Å². The van der Waals surface area contributed by atoms with Crippen molar-refractivity contribution in [3.8, 4) is 11.1 Å². The Morgan fingerprint density at radius 2 is 1.31 bits per heavy atom. The van der Waals surface area contributed by atoms with Crippen molar-refractivity contribution in [3.05, 3.63) is 139 Å². The van der Waals surface area contributed by atoms with E-state index in [2.05, 4.69) is 141 Å². The SMILES string of the molecule is C[Si]c1ccccc1.Cc1cc2ccccc2[cH-]1.[Cl][Ti][Cl].c1ccc(-c2cccc3[cH-]ccc23)cc1. The van der Waals surface area contributed by atoms with Crippen LogP contribution in [0.4, 0.5) is 0 Å². The fourth-order valence-electron chi connectivity index (χ4n) is 3.94. The van der Waals surface area contributed by atoms with Crippen molar-refractivity contribution < 1.29 is 17.0 Å². The summed E-state index contributed by atoms with van der Waals surface area (Å²) in [7, 11) is 10.7. The van der Waals surface area contributed by atoms with Gasteiger partial charge < -0.3 is 0 Å². The molecule has 0 N–H and O–H groups in total. The van der Waals surface area contributed by atoms with Crippen LogP contribution in [0.15, 0.2) is 133 Å². The normalized spacial score (nSPS) is 9.78. The Morgan fingerprint density at radius 1 is 0.694 bits per heavy atom. The first kappa shape index (κ1) is 28.2. The van der Waals surface area contributed by atoms with Crippen LogP contribution in [0.1, 0.15) is 5.56 Å². The molecular weight excluding hydrogens is 531 g/mol. The summed E-state index contributed by atoms with van der Waals surface area (Å²) in [6.07, 6.45) is 0. The largest absolute Gasteiger partial charge is 0.168 e. The van der Waals surface area contributed by atoms with Crippen LogP contribution in [0.5, 0.6) is 0 Å². The van der Waals surface area contributed by atoms with Gasteiger partial charge in [-0.05, 0) is 5.56 Å². The second kappa shape index (κ2) is 15.7. The van der Waals surface area contributed by atoms with E-state index in [1.54, 1.807) is 0 Å². The van der Waals surface area contributed by atoms with Gasteiger partial charge in [-0.15, -0.1) is 69.6 Å². The van der Waals surface area contributed by atoms with E-state index in [0.717, 1.165) is 9.52 Å². The predicted octanol–water partition coefficient (Wildman–Crippen LogP) is 9.53. The van der Waals surface area contributed by atoms with Gasteiger partial charge in [0, 0.05) is 0 Å². The first-order chi connectivity index (χ1) is 17.7. The van der Waals surface area contributed by atoms with Gasteiger partial charge in [-0.2, -0.15) is 18.2 Å². The minimum absolute atomic E-state index is 0.556. The third-order valence-corrected chi connectivity index (χ3v) is 6.50. The Kier molecular flexibility index (Phi) is 12.3. The number of rotatable bonds is 2. The van der Waals surface area contributed by atoms with Gasteiger partial charge in [0.2, 0.25) is 0 Å². The van der Waals surface area contributed by atoms with Crippen molar-refractivity contribution in [2.24, 2.45) is 0 Å². The summed E-state index contributed by atoms with van der Waals surface area (Å²) in [5.74, 6) is 0. The molecular formula is C32H28Cl2SiTi-2. The van der Waals surface area contributed by atoms with Crippen LogP contribution in [-0.4, -0.2) is 9.52 Å².